The van der Waals surface area contributed by atoms with E-state index in [1.165, 1.54) is 0 Å². The van der Waals surface area contributed by atoms with Gasteiger partial charge in [0.1, 0.15) is 6.10 Å². The fourth-order valence-electron chi connectivity index (χ4n) is 2.25. The highest BCUT2D eigenvalue weighted by Crippen LogP contribution is 2.23. The molecular formula is C13H25ClN2O2. The number of rotatable bonds is 6. The first-order chi connectivity index (χ1) is 8.10. The molecule has 0 spiro atoms. The van der Waals surface area contributed by atoms with Gasteiger partial charge in [0.15, 0.2) is 0 Å². The molecule has 2 N–H and O–H groups in total. The maximum absolute atomic E-state index is 12.1. The lowest BCUT2D eigenvalue weighted by atomic mass is 10.1. The van der Waals surface area contributed by atoms with Crippen molar-refractivity contribution in [3.05, 3.63) is 12.7 Å². The Labute approximate surface area is 116 Å². The Balaban J connectivity index is 0.00000289. The summed E-state index contributed by atoms with van der Waals surface area (Å²) >= 11 is 0. The van der Waals surface area contributed by atoms with Gasteiger partial charge in [-0.25, -0.2) is 0 Å². The van der Waals surface area contributed by atoms with Crippen LogP contribution in [0.3, 0.4) is 0 Å². The van der Waals surface area contributed by atoms with Gasteiger partial charge in [0.05, 0.1) is 6.61 Å². The Morgan fingerprint density at radius 2 is 2.33 bits per heavy atom. The number of halogens is 1. The van der Waals surface area contributed by atoms with Gasteiger partial charge in [-0.15, -0.1) is 19.0 Å². The van der Waals surface area contributed by atoms with Crippen LogP contribution in [0.1, 0.15) is 26.7 Å². The van der Waals surface area contributed by atoms with Gasteiger partial charge >= 0.3 is 0 Å². The molecule has 1 saturated heterocycles. The quantitative estimate of drug-likeness (QED) is 0.592. The number of carbonyl (C=O) groups excluding carboxylic acids is 1. The molecule has 18 heavy (non-hydrogen) atoms. The second kappa shape index (κ2) is 8.51. The van der Waals surface area contributed by atoms with Crippen molar-refractivity contribution < 1.29 is 9.53 Å². The highest BCUT2D eigenvalue weighted by molar-refractivity contribution is 5.85. The van der Waals surface area contributed by atoms with E-state index in [9.17, 15) is 4.79 Å². The van der Waals surface area contributed by atoms with Crippen LogP contribution >= 0.6 is 12.4 Å². The molecule has 1 aliphatic heterocycles. The second-order valence-corrected chi connectivity index (χ2v) is 4.77. The molecule has 4 nitrogen and oxygen atoms in total. The molecule has 0 saturated carbocycles. The summed E-state index contributed by atoms with van der Waals surface area (Å²) in [5.74, 6) is 0.520. The van der Waals surface area contributed by atoms with E-state index in [-0.39, 0.29) is 30.5 Å². The van der Waals surface area contributed by atoms with E-state index in [0.29, 0.717) is 19.1 Å². The lowest BCUT2D eigenvalue weighted by Gasteiger charge is -2.25. The maximum atomic E-state index is 12.1. The molecule has 0 aromatic heterocycles. The van der Waals surface area contributed by atoms with Gasteiger partial charge in [0, 0.05) is 12.6 Å². The van der Waals surface area contributed by atoms with Gasteiger partial charge in [0.2, 0.25) is 0 Å². The van der Waals surface area contributed by atoms with E-state index in [1.54, 1.807) is 6.08 Å². The predicted octanol–water partition coefficient (Wildman–Crippen LogP) is 1.59. The standard InChI is InChI=1S/C13H24N2O2.ClH/c1-4-5-6-17-11(3)13(16)15-9-12(8-14)7-10(15)2;/h4,10-12H,1,5-9,14H2,2-3H3;1H. The summed E-state index contributed by atoms with van der Waals surface area (Å²) in [5, 5.41) is 0. The summed E-state index contributed by atoms with van der Waals surface area (Å²) in [4.78, 5) is 14.0. The Morgan fingerprint density at radius 3 is 2.83 bits per heavy atom. The molecule has 5 heteroatoms. The van der Waals surface area contributed by atoms with Gasteiger partial charge in [0.25, 0.3) is 5.91 Å². The van der Waals surface area contributed by atoms with Crippen LogP contribution in [0.15, 0.2) is 12.7 Å². The van der Waals surface area contributed by atoms with Crippen molar-refractivity contribution in [2.45, 2.75) is 38.8 Å². The molecule has 1 aliphatic rings. The van der Waals surface area contributed by atoms with Crippen LogP contribution in [-0.4, -0.2) is 42.6 Å². The summed E-state index contributed by atoms with van der Waals surface area (Å²) in [7, 11) is 0. The van der Waals surface area contributed by atoms with E-state index >= 15 is 0 Å². The van der Waals surface area contributed by atoms with Crippen LogP contribution in [0.4, 0.5) is 0 Å². The normalized spacial score (nSPS) is 24.5. The van der Waals surface area contributed by atoms with Gasteiger partial charge in [-0.2, -0.15) is 0 Å². The lowest BCUT2D eigenvalue weighted by Crippen LogP contribution is -2.41. The molecule has 0 bridgehead atoms. The minimum atomic E-state index is -0.367. The molecule has 106 valence electrons. The summed E-state index contributed by atoms with van der Waals surface area (Å²) in [6.07, 6.45) is 3.20. The highest BCUT2D eigenvalue weighted by Gasteiger charge is 2.33. The molecular weight excluding hydrogens is 252 g/mol. The Morgan fingerprint density at radius 1 is 1.67 bits per heavy atom. The van der Waals surface area contributed by atoms with Gasteiger partial charge in [-0.3, -0.25) is 4.79 Å². The number of hydrogen-bond acceptors (Lipinski definition) is 3. The Hall–Kier alpha value is -0.580. The number of carbonyl (C=O) groups is 1. The molecule has 1 heterocycles. The second-order valence-electron chi connectivity index (χ2n) is 4.77. The monoisotopic (exact) mass is 276 g/mol. The van der Waals surface area contributed by atoms with Gasteiger partial charge in [-0.05, 0) is 39.2 Å². The minimum Gasteiger partial charge on any atom is -0.368 e. The number of hydrogen-bond donors (Lipinski definition) is 1. The zero-order chi connectivity index (χ0) is 12.8. The number of nitrogens with two attached hydrogens (primary N) is 1. The molecule has 0 radical (unpaired) electrons. The number of ether oxygens (including phenoxy) is 1. The minimum absolute atomic E-state index is 0. The van der Waals surface area contributed by atoms with Crippen molar-refractivity contribution in [2.75, 3.05) is 19.7 Å². The number of likely N-dealkylation sites (tertiary alicyclic amines) is 1. The van der Waals surface area contributed by atoms with Crippen molar-refractivity contribution in [1.29, 1.82) is 0 Å². The first kappa shape index (κ1) is 17.4. The summed E-state index contributed by atoms with van der Waals surface area (Å²) in [6, 6.07) is 0.279. The topological polar surface area (TPSA) is 55.6 Å². The van der Waals surface area contributed by atoms with Gasteiger partial charge < -0.3 is 15.4 Å². The van der Waals surface area contributed by atoms with Crippen molar-refractivity contribution in [2.24, 2.45) is 11.7 Å². The third-order valence-electron chi connectivity index (χ3n) is 3.32. The first-order valence-corrected chi connectivity index (χ1v) is 6.33. The number of amides is 1. The average molecular weight is 277 g/mol. The Bertz CT molecular complexity index is 274. The first-order valence-electron chi connectivity index (χ1n) is 6.33. The van der Waals surface area contributed by atoms with E-state index in [0.717, 1.165) is 19.4 Å². The largest absolute Gasteiger partial charge is 0.368 e. The molecule has 0 aromatic carbocycles. The molecule has 3 atom stereocenters. The van der Waals surface area contributed by atoms with Crippen LogP contribution in [0.5, 0.6) is 0 Å². The fourth-order valence-corrected chi connectivity index (χ4v) is 2.25. The van der Waals surface area contributed by atoms with Gasteiger partial charge in [-0.1, -0.05) is 6.08 Å². The van der Waals surface area contributed by atoms with E-state index in [2.05, 4.69) is 13.5 Å². The van der Waals surface area contributed by atoms with Crippen LogP contribution in [0.2, 0.25) is 0 Å². The molecule has 1 rings (SSSR count). The maximum Gasteiger partial charge on any atom is 0.251 e. The molecule has 0 aromatic rings. The van der Waals surface area contributed by atoms with Crippen LogP contribution in [0, 0.1) is 5.92 Å². The van der Waals surface area contributed by atoms with Crippen LogP contribution in [-0.2, 0) is 9.53 Å². The smallest absolute Gasteiger partial charge is 0.251 e. The fraction of sp³-hybridized carbons (Fsp3) is 0.769. The lowest BCUT2D eigenvalue weighted by molar-refractivity contribution is -0.143. The van der Waals surface area contributed by atoms with Crippen LogP contribution in [0.25, 0.3) is 0 Å². The van der Waals surface area contributed by atoms with E-state index in [4.69, 9.17) is 10.5 Å². The molecule has 3 unspecified atom stereocenters. The molecule has 0 aliphatic carbocycles. The molecule has 1 amide bonds. The predicted molar refractivity (Wildman–Crippen MR) is 75.8 cm³/mol. The number of nitrogens with zero attached hydrogens (tertiary/aromatic N) is 1. The summed E-state index contributed by atoms with van der Waals surface area (Å²) < 4.78 is 5.48. The highest BCUT2D eigenvalue weighted by atomic mass is 35.5. The van der Waals surface area contributed by atoms with Crippen molar-refractivity contribution in [3.8, 4) is 0 Å². The van der Waals surface area contributed by atoms with E-state index < -0.39 is 0 Å². The average Bonchev–Trinajstić information content (AvgIpc) is 2.69. The third-order valence-corrected chi connectivity index (χ3v) is 3.32. The van der Waals surface area contributed by atoms with E-state index in [1.807, 2.05) is 11.8 Å². The summed E-state index contributed by atoms with van der Waals surface area (Å²) in [5.41, 5.74) is 5.65. The zero-order valence-corrected chi connectivity index (χ0v) is 12.1. The molecule has 1 fully saturated rings. The van der Waals surface area contributed by atoms with Crippen molar-refractivity contribution >= 4 is 18.3 Å². The third kappa shape index (κ3) is 4.59. The SMILES string of the molecule is C=CCCOC(C)C(=O)N1CC(CN)CC1C.Cl. The van der Waals surface area contributed by atoms with Crippen molar-refractivity contribution in [1.82, 2.24) is 4.90 Å². The summed E-state index contributed by atoms with van der Waals surface area (Å²) in [6.45, 7) is 9.49. The van der Waals surface area contributed by atoms with Crippen molar-refractivity contribution in [3.63, 3.8) is 0 Å². The Kier molecular flexibility index (Phi) is 8.24. The van der Waals surface area contributed by atoms with Crippen LogP contribution < -0.4 is 5.73 Å². The zero-order valence-electron chi connectivity index (χ0n) is 11.3.